The largest absolute Gasteiger partial charge is 0.383 e. The fourth-order valence-electron chi connectivity index (χ4n) is 2.22. The van der Waals surface area contributed by atoms with Gasteiger partial charge in [0, 0.05) is 29.1 Å². The Balaban J connectivity index is 2.03. The quantitative estimate of drug-likeness (QED) is 0.668. The number of hydrogen-bond donors (Lipinski definition) is 1. The number of nitro groups is 1. The third kappa shape index (κ3) is 2.96. The number of rotatable bonds is 4. The molecule has 0 bridgehead atoms. The maximum Gasteiger partial charge on any atom is 0.269 e. The zero-order valence-electron chi connectivity index (χ0n) is 10.7. The van der Waals surface area contributed by atoms with Crippen LogP contribution in [-0.2, 0) is 0 Å². The third-order valence-electron chi connectivity index (χ3n) is 3.37. The molecule has 1 heterocycles. The van der Waals surface area contributed by atoms with E-state index in [2.05, 4.69) is 12.2 Å². The number of benzene rings is 1. The van der Waals surface area contributed by atoms with E-state index >= 15 is 0 Å². The second-order valence-electron chi connectivity index (χ2n) is 5.01. The SMILES string of the molecule is Cc1cc([N+](=O)[O-])ccc1NCC1(C)CCCS1. The summed E-state index contributed by atoms with van der Waals surface area (Å²) < 4.78 is 0.300. The van der Waals surface area contributed by atoms with Gasteiger partial charge in [-0.15, -0.1) is 0 Å². The number of thioether (sulfide) groups is 1. The molecule has 1 aliphatic rings. The van der Waals surface area contributed by atoms with Gasteiger partial charge in [0.25, 0.3) is 5.69 Å². The van der Waals surface area contributed by atoms with Crippen LogP contribution in [0.2, 0.25) is 0 Å². The number of non-ortho nitro benzene ring substituents is 1. The summed E-state index contributed by atoms with van der Waals surface area (Å²) in [7, 11) is 0. The van der Waals surface area contributed by atoms with Gasteiger partial charge in [-0.25, -0.2) is 0 Å². The maximum absolute atomic E-state index is 10.7. The maximum atomic E-state index is 10.7. The molecule has 1 aliphatic heterocycles. The van der Waals surface area contributed by atoms with Crippen molar-refractivity contribution in [3.8, 4) is 0 Å². The lowest BCUT2D eigenvalue weighted by atomic mass is 10.1. The predicted molar refractivity (Wildman–Crippen MR) is 76.4 cm³/mol. The van der Waals surface area contributed by atoms with Crippen molar-refractivity contribution >= 4 is 23.1 Å². The van der Waals surface area contributed by atoms with Gasteiger partial charge in [-0.3, -0.25) is 10.1 Å². The topological polar surface area (TPSA) is 55.2 Å². The number of anilines is 1. The molecule has 1 atom stereocenters. The monoisotopic (exact) mass is 266 g/mol. The van der Waals surface area contributed by atoms with Gasteiger partial charge in [0.1, 0.15) is 0 Å². The predicted octanol–water partition coefficient (Wildman–Crippen LogP) is 3.60. The molecule has 1 aromatic carbocycles. The highest BCUT2D eigenvalue weighted by atomic mass is 32.2. The smallest absolute Gasteiger partial charge is 0.269 e. The third-order valence-corrected chi connectivity index (χ3v) is 4.91. The first-order valence-electron chi connectivity index (χ1n) is 6.13. The molecular weight excluding hydrogens is 248 g/mol. The molecular formula is C13H18N2O2S. The van der Waals surface area contributed by atoms with Crippen LogP contribution in [0, 0.1) is 17.0 Å². The van der Waals surface area contributed by atoms with E-state index in [9.17, 15) is 10.1 Å². The van der Waals surface area contributed by atoms with Crippen LogP contribution in [-0.4, -0.2) is 22.0 Å². The van der Waals surface area contributed by atoms with Gasteiger partial charge in [-0.2, -0.15) is 11.8 Å². The Labute approximate surface area is 111 Å². The van der Waals surface area contributed by atoms with Gasteiger partial charge in [-0.1, -0.05) is 0 Å². The van der Waals surface area contributed by atoms with E-state index in [1.807, 2.05) is 18.7 Å². The molecule has 98 valence electrons. The molecule has 1 saturated heterocycles. The molecule has 0 aliphatic carbocycles. The van der Waals surface area contributed by atoms with Gasteiger partial charge < -0.3 is 5.32 Å². The lowest BCUT2D eigenvalue weighted by molar-refractivity contribution is -0.384. The number of nitro benzene ring substituents is 1. The Morgan fingerprint density at radius 1 is 1.56 bits per heavy atom. The number of nitrogens with zero attached hydrogens (tertiary/aromatic N) is 1. The first-order valence-corrected chi connectivity index (χ1v) is 7.12. The van der Waals surface area contributed by atoms with Crippen LogP contribution in [0.5, 0.6) is 0 Å². The fraction of sp³-hybridized carbons (Fsp3) is 0.538. The van der Waals surface area contributed by atoms with Crippen LogP contribution in [0.1, 0.15) is 25.3 Å². The average molecular weight is 266 g/mol. The molecule has 2 rings (SSSR count). The summed E-state index contributed by atoms with van der Waals surface area (Å²) in [6.45, 7) is 5.09. The van der Waals surface area contributed by atoms with E-state index in [0.717, 1.165) is 17.8 Å². The Hall–Kier alpha value is -1.23. The van der Waals surface area contributed by atoms with E-state index in [0.29, 0.717) is 4.75 Å². The summed E-state index contributed by atoms with van der Waals surface area (Å²) in [5.74, 6) is 1.23. The van der Waals surface area contributed by atoms with Gasteiger partial charge in [0.05, 0.1) is 4.92 Å². The fourth-order valence-corrected chi connectivity index (χ4v) is 3.46. The van der Waals surface area contributed by atoms with E-state index < -0.39 is 0 Å². The van der Waals surface area contributed by atoms with Crippen molar-refractivity contribution in [1.82, 2.24) is 0 Å². The van der Waals surface area contributed by atoms with E-state index in [-0.39, 0.29) is 10.6 Å². The number of hydrogen-bond acceptors (Lipinski definition) is 4. The minimum absolute atomic E-state index is 0.152. The molecule has 18 heavy (non-hydrogen) atoms. The van der Waals surface area contributed by atoms with E-state index in [1.165, 1.54) is 18.6 Å². The summed E-state index contributed by atoms with van der Waals surface area (Å²) in [5.41, 5.74) is 2.07. The summed E-state index contributed by atoms with van der Waals surface area (Å²) in [5, 5.41) is 14.1. The Morgan fingerprint density at radius 3 is 2.89 bits per heavy atom. The van der Waals surface area contributed by atoms with Crippen LogP contribution in [0.15, 0.2) is 18.2 Å². The molecule has 0 amide bonds. The minimum Gasteiger partial charge on any atom is -0.383 e. The molecule has 1 aromatic rings. The molecule has 1 fully saturated rings. The van der Waals surface area contributed by atoms with E-state index in [1.54, 1.807) is 18.2 Å². The van der Waals surface area contributed by atoms with Crippen molar-refractivity contribution in [2.24, 2.45) is 0 Å². The molecule has 0 radical (unpaired) electrons. The summed E-state index contributed by atoms with van der Waals surface area (Å²) >= 11 is 2.01. The van der Waals surface area contributed by atoms with Gasteiger partial charge in [0.2, 0.25) is 0 Å². The van der Waals surface area contributed by atoms with Gasteiger partial charge in [-0.05, 0) is 44.1 Å². The molecule has 1 unspecified atom stereocenters. The normalized spacial score (nSPS) is 23.0. The second-order valence-corrected chi connectivity index (χ2v) is 6.69. The van der Waals surface area contributed by atoms with Crippen LogP contribution in [0.4, 0.5) is 11.4 Å². The molecule has 0 spiro atoms. The second kappa shape index (κ2) is 5.18. The van der Waals surface area contributed by atoms with Gasteiger partial charge in [0.15, 0.2) is 0 Å². The van der Waals surface area contributed by atoms with Crippen LogP contribution < -0.4 is 5.32 Å². The molecule has 0 saturated carbocycles. The lowest BCUT2D eigenvalue weighted by Gasteiger charge is -2.24. The summed E-state index contributed by atoms with van der Waals surface area (Å²) in [4.78, 5) is 10.3. The van der Waals surface area contributed by atoms with Crippen molar-refractivity contribution in [2.75, 3.05) is 17.6 Å². The van der Waals surface area contributed by atoms with Crippen molar-refractivity contribution in [3.63, 3.8) is 0 Å². The lowest BCUT2D eigenvalue weighted by Crippen LogP contribution is -2.27. The molecule has 0 aromatic heterocycles. The number of aryl methyl sites for hydroxylation is 1. The molecule has 1 N–H and O–H groups in total. The Morgan fingerprint density at radius 2 is 2.33 bits per heavy atom. The van der Waals surface area contributed by atoms with Crippen molar-refractivity contribution in [2.45, 2.75) is 31.4 Å². The van der Waals surface area contributed by atoms with Crippen molar-refractivity contribution in [3.05, 3.63) is 33.9 Å². The van der Waals surface area contributed by atoms with Crippen molar-refractivity contribution < 1.29 is 4.92 Å². The first kappa shape index (κ1) is 13.2. The highest BCUT2D eigenvalue weighted by molar-refractivity contribution is 8.00. The average Bonchev–Trinajstić information content (AvgIpc) is 2.75. The van der Waals surface area contributed by atoms with Crippen LogP contribution >= 0.6 is 11.8 Å². The summed E-state index contributed by atoms with van der Waals surface area (Å²) in [6.07, 6.45) is 2.51. The van der Waals surface area contributed by atoms with Crippen molar-refractivity contribution in [1.29, 1.82) is 0 Å². The van der Waals surface area contributed by atoms with Gasteiger partial charge >= 0.3 is 0 Å². The minimum atomic E-state index is -0.356. The summed E-state index contributed by atoms with van der Waals surface area (Å²) in [6, 6.07) is 4.97. The van der Waals surface area contributed by atoms with Crippen LogP contribution in [0.25, 0.3) is 0 Å². The Bertz CT molecular complexity index is 456. The Kier molecular flexibility index (Phi) is 3.80. The first-order chi connectivity index (χ1) is 8.50. The standard InChI is InChI=1S/C13H18N2O2S/c1-10-8-11(15(16)17)4-5-12(10)14-9-13(2)6-3-7-18-13/h4-5,8,14H,3,6-7,9H2,1-2H3. The molecule has 4 nitrogen and oxygen atoms in total. The van der Waals surface area contributed by atoms with Crippen LogP contribution in [0.3, 0.4) is 0 Å². The highest BCUT2D eigenvalue weighted by Gasteiger charge is 2.29. The number of nitrogens with one attached hydrogen (secondary N) is 1. The zero-order chi connectivity index (χ0) is 13.2. The highest BCUT2D eigenvalue weighted by Crippen LogP contribution is 2.38. The molecule has 5 heteroatoms. The van der Waals surface area contributed by atoms with E-state index in [4.69, 9.17) is 0 Å². The zero-order valence-corrected chi connectivity index (χ0v) is 11.5.